The first-order valence-electron chi connectivity index (χ1n) is 15.6. The molecule has 0 amide bonds. The van der Waals surface area contributed by atoms with E-state index in [9.17, 15) is 0 Å². The predicted molar refractivity (Wildman–Crippen MR) is 195 cm³/mol. The van der Waals surface area contributed by atoms with Gasteiger partial charge in [0, 0.05) is 48.8 Å². The Morgan fingerprint density at radius 2 is 0.696 bits per heavy atom. The maximum absolute atomic E-state index is 15.0. The second-order valence-corrected chi connectivity index (χ2v) is 14.5. The minimum absolute atomic E-state index is 0.822. The molecule has 4 heteroatoms. The van der Waals surface area contributed by atoms with E-state index < -0.39 is 7.14 Å². The van der Waals surface area contributed by atoms with Crippen molar-refractivity contribution in [2.24, 2.45) is 0 Å². The Morgan fingerprint density at radius 3 is 1.17 bits per heavy atom. The van der Waals surface area contributed by atoms with Crippen LogP contribution in [0.1, 0.15) is 0 Å². The highest BCUT2D eigenvalue weighted by Crippen LogP contribution is 2.43. The average molecular weight is 609 g/mol. The lowest BCUT2D eigenvalue weighted by Crippen LogP contribution is -2.24. The molecular formula is C42H29N2OP. The minimum atomic E-state index is -3.07. The molecule has 0 fully saturated rings. The van der Waals surface area contributed by atoms with Gasteiger partial charge in [-0.2, -0.15) is 0 Å². The maximum atomic E-state index is 15.0. The first-order chi connectivity index (χ1) is 22.7. The van der Waals surface area contributed by atoms with Crippen molar-refractivity contribution in [1.82, 2.24) is 9.13 Å². The lowest BCUT2D eigenvalue weighted by atomic mass is 10.1. The fraction of sp³-hybridized carbons (Fsp3) is 0. The van der Waals surface area contributed by atoms with Crippen LogP contribution in [-0.4, -0.2) is 9.13 Å². The van der Waals surface area contributed by atoms with E-state index in [1.165, 1.54) is 32.6 Å². The van der Waals surface area contributed by atoms with Crippen molar-refractivity contribution in [3.8, 4) is 11.4 Å². The summed E-state index contributed by atoms with van der Waals surface area (Å²) in [6.07, 6.45) is 0. The van der Waals surface area contributed by atoms with Crippen molar-refractivity contribution in [3.05, 3.63) is 176 Å². The van der Waals surface area contributed by atoms with Gasteiger partial charge in [0.2, 0.25) is 0 Å². The number of aromatic nitrogens is 2. The van der Waals surface area contributed by atoms with Crippen LogP contribution >= 0.6 is 7.14 Å². The van der Waals surface area contributed by atoms with Crippen LogP contribution < -0.4 is 15.9 Å². The molecule has 0 saturated carbocycles. The smallest absolute Gasteiger partial charge is 0.171 e. The fourth-order valence-electron chi connectivity index (χ4n) is 7.10. The minimum Gasteiger partial charge on any atom is -0.309 e. The first-order valence-corrected chi connectivity index (χ1v) is 17.3. The summed E-state index contributed by atoms with van der Waals surface area (Å²) in [5, 5.41) is 7.33. The Balaban J connectivity index is 1.29. The molecule has 0 saturated heterocycles. The molecule has 0 aliphatic carbocycles. The summed E-state index contributed by atoms with van der Waals surface area (Å²) in [4.78, 5) is 0. The number of benzene rings is 7. The zero-order valence-electron chi connectivity index (χ0n) is 25.0. The summed E-state index contributed by atoms with van der Waals surface area (Å²) in [5.74, 6) is 0. The molecule has 0 radical (unpaired) electrons. The Hall–Kier alpha value is -5.63. The van der Waals surface area contributed by atoms with Gasteiger partial charge < -0.3 is 13.7 Å². The van der Waals surface area contributed by atoms with Gasteiger partial charge >= 0.3 is 0 Å². The van der Waals surface area contributed by atoms with Gasteiger partial charge in [-0.3, -0.25) is 0 Å². The van der Waals surface area contributed by atoms with Crippen molar-refractivity contribution in [2.45, 2.75) is 0 Å². The van der Waals surface area contributed by atoms with Crippen molar-refractivity contribution in [1.29, 1.82) is 0 Å². The van der Waals surface area contributed by atoms with Crippen LogP contribution in [0.4, 0.5) is 0 Å². The van der Waals surface area contributed by atoms with Gasteiger partial charge in [-0.15, -0.1) is 0 Å². The van der Waals surface area contributed by atoms with E-state index in [0.29, 0.717) is 0 Å². The van der Waals surface area contributed by atoms with Crippen molar-refractivity contribution < 1.29 is 4.57 Å². The van der Waals surface area contributed by atoms with E-state index in [2.05, 4.69) is 124 Å². The van der Waals surface area contributed by atoms with Gasteiger partial charge in [0.15, 0.2) is 7.14 Å². The number of rotatable bonds is 5. The Kier molecular flexibility index (Phi) is 6.09. The van der Waals surface area contributed by atoms with Gasteiger partial charge in [-0.1, -0.05) is 115 Å². The molecule has 46 heavy (non-hydrogen) atoms. The fourth-order valence-corrected chi connectivity index (χ4v) is 9.75. The topological polar surface area (TPSA) is 26.9 Å². The van der Waals surface area contributed by atoms with Gasteiger partial charge in [0.1, 0.15) is 0 Å². The highest BCUT2D eigenvalue weighted by molar-refractivity contribution is 7.85. The number of hydrogen-bond donors (Lipinski definition) is 0. The second-order valence-electron chi connectivity index (χ2n) is 11.7. The lowest BCUT2D eigenvalue weighted by Gasteiger charge is -2.20. The molecule has 0 unspecified atom stereocenters. The third-order valence-electron chi connectivity index (χ3n) is 9.19. The molecular weight excluding hydrogens is 579 g/mol. The average Bonchev–Trinajstić information content (AvgIpc) is 3.63. The number of hydrogen-bond acceptors (Lipinski definition) is 1. The molecule has 0 N–H and O–H groups in total. The zero-order valence-corrected chi connectivity index (χ0v) is 25.9. The molecule has 0 aliphatic rings. The number of nitrogens with zero attached hydrogens (tertiary/aromatic N) is 2. The molecule has 0 bridgehead atoms. The summed E-state index contributed by atoms with van der Waals surface area (Å²) in [7, 11) is -3.07. The summed E-state index contributed by atoms with van der Waals surface area (Å²) >= 11 is 0. The second kappa shape index (κ2) is 10.5. The van der Waals surface area contributed by atoms with Crippen LogP contribution in [0.15, 0.2) is 176 Å². The molecule has 2 heterocycles. The molecule has 0 aliphatic heterocycles. The zero-order chi connectivity index (χ0) is 30.7. The third kappa shape index (κ3) is 3.96. The van der Waals surface area contributed by atoms with Gasteiger partial charge in [-0.25, -0.2) is 0 Å². The molecule has 218 valence electrons. The van der Waals surface area contributed by atoms with E-state index in [0.717, 1.165) is 38.3 Å². The summed E-state index contributed by atoms with van der Waals surface area (Å²) < 4.78 is 19.7. The van der Waals surface area contributed by atoms with E-state index in [1.807, 2.05) is 60.7 Å². The van der Waals surface area contributed by atoms with Gasteiger partial charge in [0.25, 0.3) is 0 Å². The lowest BCUT2D eigenvalue weighted by molar-refractivity contribution is 0.592. The maximum Gasteiger partial charge on any atom is 0.171 e. The molecule has 7 aromatic carbocycles. The standard InChI is InChI=1S/C42H29N2OP/c45-46(32-16-6-2-7-17-32,33-18-8-3-9-19-33)34-26-24-31(25-27-34)44-40-23-13-11-21-36(40)38-28-41-37(29-42(38)44)35-20-10-12-22-39(35)43(41)30-14-4-1-5-15-30/h1-29H. The van der Waals surface area contributed by atoms with Crippen molar-refractivity contribution in [3.63, 3.8) is 0 Å². The molecule has 9 rings (SSSR count). The van der Waals surface area contributed by atoms with Crippen LogP contribution in [-0.2, 0) is 4.57 Å². The quantitative estimate of drug-likeness (QED) is 0.179. The summed E-state index contributed by atoms with van der Waals surface area (Å²) in [6.45, 7) is 0. The van der Waals surface area contributed by atoms with Crippen LogP contribution in [0.3, 0.4) is 0 Å². The molecule has 2 aromatic heterocycles. The molecule has 9 aromatic rings. The van der Waals surface area contributed by atoms with Crippen LogP contribution in [0.25, 0.3) is 55.0 Å². The predicted octanol–water partition coefficient (Wildman–Crippen LogP) is 9.52. The van der Waals surface area contributed by atoms with E-state index in [4.69, 9.17) is 0 Å². The van der Waals surface area contributed by atoms with Gasteiger partial charge in [-0.05, 0) is 60.7 Å². The first kappa shape index (κ1) is 26.7. The molecule has 0 spiro atoms. The van der Waals surface area contributed by atoms with Crippen molar-refractivity contribution >= 4 is 66.7 Å². The SMILES string of the molecule is O=P(c1ccccc1)(c1ccccc1)c1ccc(-n2c3ccccc3c3cc4c(cc32)c2ccccc2n4-c2ccccc2)cc1. The summed E-state index contributed by atoms with van der Waals surface area (Å²) in [5.41, 5.74) is 6.84. The Labute approximate surface area is 267 Å². The highest BCUT2D eigenvalue weighted by Gasteiger charge is 2.29. The number of fused-ring (bicyclic) bond motifs is 6. The highest BCUT2D eigenvalue weighted by atomic mass is 31.2. The van der Waals surface area contributed by atoms with E-state index >= 15 is 4.57 Å². The Bertz CT molecular complexity index is 2540. The summed E-state index contributed by atoms with van der Waals surface area (Å²) in [6, 6.07) is 60.6. The number of para-hydroxylation sites is 3. The largest absolute Gasteiger partial charge is 0.309 e. The normalized spacial score (nSPS) is 12.0. The van der Waals surface area contributed by atoms with E-state index in [-0.39, 0.29) is 0 Å². The van der Waals surface area contributed by atoms with Crippen LogP contribution in [0.2, 0.25) is 0 Å². The van der Waals surface area contributed by atoms with Crippen LogP contribution in [0.5, 0.6) is 0 Å². The monoisotopic (exact) mass is 608 g/mol. The van der Waals surface area contributed by atoms with Crippen LogP contribution in [0, 0.1) is 0 Å². The Morgan fingerprint density at radius 1 is 0.326 bits per heavy atom. The van der Waals surface area contributed by atoms with E-state index in [1.54, 1.807) is 0 Å². The third-order valence-corrected chi connectivity index (χ3v) is 12.3. The van der Waals surface area contributed by atoms with Crippen molar-refractivity contribution in [2.75, 3.05) is 0 Å². The molecule has 3 nitrogen and oxygen atoms in total. The molecule has 0 atom stereocenters. The van der Waals surface area contributed by atoms with Gasteiger partial charge in [0.05, 0.1) is 22.1 Å².